The first-order valence-electron chi connectivity index (χ1n) is 7.09. The molecular weight excluding hydrogens is 280 g/mol. The molecule has 0 radical (unpaired) electrons. The Balaban J connectivity index is 2.12. The van der Waals surface area contributed by atoms with E-state index in [-0.39, 0.29) is 0 Å². The van der Waals surface area contributed by atoms with Gasteiger partial charge in [-0.3, -0.25) is 0 Å². The van der Waals surface area contributed by atoms with E-state index in [9.17, 15) is 0 Å². The maximum Gasteiger partial charge on any atom is 0.180 e. The van der Waals surface area contributed by atoms with E-state index < -0.39 is 0 Å². The molecule has 22 heavy (non-hydrogen) atoms. The van der Waals surface area contributed by atoms with Gasteiger partial charge in [-0.15, -0.1) is 0 Å². The van der Waals surface area contributed by atoms with E-state index in [1.165, 1.54) is 0 Å². The number of hydrogen-bond acceptors (Lipinski definition) is 4. The standard InChI is InChI=1S/C17H18N2O3/c1-4-22-15-6-5-9-19-11-14(18-17(15)19)13-8-7-12(20-2)10-16(13)21-3/h5-11H,4H2,1-3H3. The first kappa shape index (κ1) is 14.3. The number of hydrogen-bond donors (Lipinski definition) is 0. The van der Waals surface area contributed by atoms with Gasteiger partial charge >= 0.3 is 0 Å². The van der Waals surface area contributed by atoms with Crippen LogP contribution in [0.5, 0.6) is 17.2 Å². The average Bonchev–Trinajstić information content (AvgIpc) is 2.99. The van der Waals surface area contributed by atoms with Crippen LogP contribution in [-0.2, 0) is 0 Å². The number of rotatable bonds is 5. The predicted octanol–water partition coefficient (Wildman–Crippen LogP) is 3.42. The highest BCUT2D eigenvalue weighted by atomic mass is 16.5. The molecule has 0 saturated carbocycles. The minimum absolute atomic E-state index is 0.605. The minimum Gasteiger partial charge on any atom is -0.497 e. The first-order valence-corrected chi connectivity index (χ1v) is 7.09. The number of nitrogens with zero attached hydrogens (tertiary/aromatic N) is 2. The molecule has 2 aromatic heterocycles. The van der Waals surface area contributed by atoms with Crippen molar-refractivity contribution in [3.8, 4) is 28.5 Å². The maximum atomic E-state index is 5.63. The number of benzene rings is 1. The van der Waals surface area contributed by atoms with Gasteiger partial charge in [0, 0.05) is 24.0 Å². The summed E-state index contributed by atoms with van der Waals surface area (Å²) in [6.45, 7) is 2.56. The minimum atomic E-state index is 0.605. The Morgan fingerprint density at radius 3 is 2.68 bits per heavy atom. The zero-order valence-electron chi connectivity index (χ0n) is 12.9. The monoisotopic (exact) mass is 298 g/mol. The third-order valence-corrected chi connectivity index (χ3v) is 3.43. The molecule has 0 bridgehead atoms. The van der Waals surface area contributed by atoms with Crippen LogP contribution in [0.15, 0.2) is 42.7 Å². The van der Waals surface area contributed by atoms with E-state index in [2.05, 4.69) is 4.98 Å². The van der Waals surface area contributed by atoms with Gasteiger partial charge in [0.15, 0.2) is 11.4 Å². The van der Waals surface area contributed by atoms with Crippen molar-refractivity contribution in [3.05, 3.63) is 42.7 Å². The number of fused-ring (bicyclic) bond motifs is 1. The van der Waals surface area contributed by atoms with Crippen molar-refractivity contribution in [1.29, 1.82) is 0 Å². The number of methoxy groups -OCH3 is 2. The van der Waals surface area contributed by atoms with Crippen LogP contribution in [0.25, 0.3) is 16.9 Å². The fourth-order valence-corrected chi connectivity index (χ4v) is 2.40. The van der Waals surface area contributed by atoms with Gasteiger partial charge in [-0.2, -0.15) is 0 Å². The quantitative estimate of drug-likeness (QED) is 0.724. The summed E-state index contributed by atoms with van der Waals surface area (Å²) in [5.41, 5.74) is 2.53. The number of aromatic nitrogens is 2. The SMILES string of the molecule is CCOc1cccn2cc(-c3ccc(OC)cc3OC)nc12. The average molecular weight is 298 g/mol. The van der Waals surface area contributed by atoms with Crippen LogP contribution in [0.1, 0.15) is 6.92 Å². The highest BCUT2D eigenvalue weighted by molar-refractivity contribution is 5.72. The van der Waals surface area contributed by atoms with Crippen LogP contribution in [-0.4, -0.2) is 30.2 Å². The topological polar surface area (TPSA) is 45.0 Å². The zero-order valence-corrected chi connectivity index (χ0v) is 12.9. The summed E-state index contributed by atoms with van der Waals surface area (Å²) in [4.78, 5) is 4.68. The number of pyridine rings is 1. The molecule has 0 N–H and O–H groups in total. The lowest BCUT2D eigenvalue weighted by atomic mass is 10.1. The van der Waals surface area contributed by atoms with E-state index in [0.717, 1.165) is 34.2 Å². The van der Waals surface area contributed by atoms with Crippen molar-refractivity contribution in [2.45, 2.75) is 6.92 Å². The molecule has 114 valence electrons. The second kappa shape index (κ2) is 5.97. The lowest BCUT2D eigenvalue weighted by Gasteiger charge is -2.08. The number of imidazole rings is 1. The van der Waals surface area contributed by atoms with Gasteiger partial charge in [-0.05, 0) is 31.2 Å². The summed E-state index contributed by atoms with van der Waals surface area (Å²) >= 11 is 0. The molecule has 0 amide bonds. The molecule has 0 aliphatic heterocycles. The van der Waals surface area contributed by atoms with Crippen molar-refractivity contribution in [2.24, 2.45) is 0 Å². The molecule has 0 atom stereocenters. The Morgan fingerprint density at radius 2 is 1.95 bits per heavy atom. The molecule has 5 heteroatoms. The van der Waals surface area contributed by atoms with Gasteiger partial charge < -0.3 is 18.6 Å². The third-order valence-electron chi connectivity index (χ3n) is 3.43. The van der Waals surface area contributed by atoms with Crippen LogP contribution in [0.3, 0.4) is 0 Å². The van der Waals surface area contributed by atoms with Crippen LogP contribution < -0.4 is 14.2 Å². The Morgan fingerprint density at radius 1 is 1.09 bits per heavy atom. The van der Waals surface area contributed by atoms with Gasteiger partial charge in [0.05, 0.1) is 26.5 Å². The van der Waals surface area contributed by atoms with Crippen molar-refractivity contribution >= 4 is 5.65 Å². The van der Waals surface area contributed by atoms with E-state index in [4.69, 9.17) is 14.2 Å². The normalized spacial score (nSPS) is 10.7. The van der Waals surface area contributed by atoms with Crippen LogP contribution >= 0.6 is 0 Å². The molecule has 0 saturated heterocycles. The predicted molar refractivity (Wildman–Crippen MR) is 84.9 cm³/mol. The van der Waals surface area contributed by atoms with Crippen LogP contribution in [0.4, 0.5) is 0 Å². The van der Waals surface area contributed by atoms with Gasteiger partial charge in [-0.25, -0.2) is 4.98 Å². The Labute approximate surface area is 129 Å². The van der Waals surface area contributed by atoms with Crippen molar-refractivity contribution in [2.75, 3.05) is 20.8 Å². The Kier molecular flexibility index (Phi) is 3.87. The van der Waals surface area contributed by atoms with Gasteiger partial charge in [0.2, 0.25) is 0 Å². The maximum absolute atomic E-state index is 5.63. The molecule has 3 aromatic rings. The molecule has 0 spiro atoms. The van der Waals surface area contributed by atoms with E-state index in [0.29, 0.717) is 6.61 Å². The van der Waals surface area contributed by atoms with Gasteiger partial charge in [0.1, 0.15) is 11.5 Å². The molecular formula is C17H18N2O3. The summed E-state index contributed by atoms with van der Waals surface area (Å²) in [5.74, 6) is 2.24. The third kappa shape index (κ3) is 2.45. The fraction of sp³-hybridized carbons (Fsp3) is 0.235. The van der Waals surface area contributed by atoms with E-state index in [1.807, 2.05) is 54.0 Å². The number of ether oxygens (including phenoxy) is 3. The lowest BCUT2D eigenvalue weighted by Crippen LogP contribution is -1.94. The highest BCUT2D eigenvalue weighted by Crippen LogP contribution is 2.33. The zero-order chi connectivity index (χ0) is 15.5. The summed E-state index contributed by atoms with van der Waals surface area (Å²) in [7, 11) is 3.27. The summed E-state index contributed by atoms with van der Waals surface area (Å²) in [6.07, 6.45) is 3.91. The second-order valence-electron chi connectivity index (χ2n) is 4.73. The van der Waals surface area contributed by atoms with Gasteiger partial charge in [-0.1, -0.05) is 0 Å². The molecule has 0 aliphatic carbocycles. The molecule has 0 aliphatic rings. The smallest absolute Gasteiger partial charge is 0.180 e. The Hall–Kier alpha value is -2.69. The van der Waals surface area contributed by atoms with E-state index >= 15 is 0 Å². The first-order chi connectivity index (χ1) is 10.8. The largest absolute Gasteiger partial charge is 0.497 e. The lowest BCUT2D eigenvalue weighted by molar-refractivity contribution is 0.342. The van der Waals surface area contributed by atoms with Crippen molar-refractivity contribution in [1.82, 2.24) is 9.38 Å². The van der Waals surface area contributed by atoms with E-state index in [1.54, 1.807) is 14.2 Å². The van der Waals surface area contributed by atoms with Crippen LogP contribution in [0, 0.1) is 0 Å². The fourth-order valence-electron chi connectivity index (χ4n) is 2.40. The molecule has 5 nitrogen and oxygen atoms in total. The Bertz CT molecular complexity index is 796. The van der Waals surface area contributed by atoms with Crippen molar-refractivity contribution < 1.29 is 14.2 Å². The molecule has 1 aromatic carbocycles. The summed E-state index contributed by atoms with van der Waals surface area (Å²) in [6, 6.07) is 9.55. The summed E-state index contributed by atoms with van der Waals surface area (Å²) < 4.78 is 18.3. The molecule has 2 heterocycles. The second-order valence-corrected chi connectivity index (χ2v) is 4.73. The van der Waals surface area contributed by atoms with Gasteiger partial charge in [0.25, 0.3) is 0 Å². The highest BCUT2D eigenvalue weighted by Gasteiger charge is 2.13. The molecule has 3 rings (SSSR count). The van der Waals surface area contributed by atoms with Crippen molar-refractivity contribution in [3.63, 3.8) is 0 Å². The summed E-state index contributed by atoms with van der Waals surface area (Å²) in [5, 5.41) is 0. The van der Waals surface area contributed by atoms with Crippen LogP contribution in [0.2, 0.25) is 0 Å². The molecule has 0 fully saturated rings. The molecule has 0 unspecified atom stereocenters.